The van der Waals surface area contributed by atoms with Crippen molar-refractivity contribution in [1.29, 1.82) is 5.26 Å². The van der Waals surface area contributed by atoms with Crippen LogP contribution in [-0.4, -0.2) is 26.4 Å². The lowest BCUT2D eigenvalue weighted by Crippen LogP contribution is -2.30. The van der Waals surface area contributed by atoms with Gasteiger partial charge < -0.3 is 10.1 Å². The summed E-state index contributed by atoms with van der Waals surface area (Å²) in [5, 5.41) is 13.1. The first-order chi connectivity index (χ1) is 14.8. The molecule has 0 aliphatic rings. The van der Waals surface area contributed by atoms with Crippen molar-refractivity contribution < 1.29 is 22.7 Å². The Balaban J connectivity index is 1.59. The van der Waals surface area contributed by atoms with Gasteiger partial charge in [-0.15, -0.1) is 11.3 Å². The largest absolute Gasteiger partial charge is 0.449 e. The molecule has 0 aliphatic heterocycles. The van der Waals surface area contributed by atoms with Gasteiger partial charge in [-0.25, -0.2) is 13.2 Å². The van der Waals surface area contributed by atoms with Crippen LogP contribution in [0.25, 0.3) is 0 Å². The lowest BCUT2D eigenvalue weighted by Gasteiger charge is -2.14. The van der Waals surface area contributed by atoms with Gasteiger partial charge in [0.05, 0.1) is 17.2 Å². The van der Waals surface area contributed by atoms with Crippen LogP contribution in [-0.2, 0) is 19.6 Å². The molecule has 3 rings (SSSR count). The number of carbonyl (C=O) groups excluding carboxylic acids is 2. The Hall–Kier alpha value is -3.68. The quantitative estimate of drug-likeness (QED) is 0.524. The standard InChI is InChI=1S/C21H17N3O5S2/c1-14(20(25)23-18-5-2-4-15(12-18)13-22)29-21(26)16-7-9-17(10-8-16)24-31(27,28)19-6-3-11-30-19/h2-12,14,24H,1H3,(H,23,25). The fourth-order valence-corrected chi connectivity index (χ4v) is 4.54. The Bertz CT molecular complexity index is 1230. The van der Waals surface area contributed by atoms with Crippen molar-refractivity contribution in [2.45, 2.75) is 17.2 Å². The second-order valence-corrected chi connectivity index (χ2v) is 9.20. The second-order valence-electron chi connectivity index (χ2n) is 6.34. The van der Waals surface area contributed by atoms with Crippen molar-refractivity contribution in [3.8, 4) is 6.07 Å². The zero-order valence-electron chi connectivity index (χ0n) is 16.2. The van der Waals surface area contributed by atoms with Crippen LogP contribution in [0.5, 0.6) is 0 Å². The maximum absolute atomic E-state index is 12.3. The number of esters is 1. The topological polar surface area (TPSA) is 125 Å². The number of hydrogen-bond acceptors (Lipinski definition) is 7. The Morgan fingerprint density at radius 2 is 1.81 bits per heavy atom. The molecule has 158 valence electrons. The van der Waals surface area contributed by atoms with Gasteiger partial charge in [-0.2, -0.15) is 5.26 Å². The predicted molar refractivity (Wildman–Crippen MR) is 116 cm³/mol. The van der Waals surface area contributed by atoms with Gasteiger partial charge in [-0.1, -0.05) is 12.1 Å². The number of hydrogen-bond donors (Lipinski definition) is 2. The van der Waals surface area contributed by atoms with Crippen LogP contribution < -0.4 is 10.0 Å². The van der Waals surface area contributed by atoms with Crippen LogP contribution in [0, 0.1) is 11.3 Å². The van der Waals surface area contributed by atoms with E-state index >= 15 is 0 Å². The first kappa shape index (κ1) is 22.0. The number of anilines is 2. The van der Waals surface area contributed by atoms with Crippen LogP contribution in [0.3, 0.4) is 0 Å². The SMILES string of the molecule is CC(OC(=O)c1ccc(NS(=O)(=O)c2cccs2)cc1)C(=O)Nc1cccc(C#N)c1. The first-order valence-corrected chi connectivity index (χ1v) is 11.3. The van der Waals surface area contributed by atoms with Crippen molar-refractivity contribution in [2.75, 3.05) is 10.0 Å². The minimum absolute atomic E-state index is 0.158. The van der Waals surface area contributed by atoms with E-state index in [0.29, 0.717) is 11.3 Å². The third-order valence-electron chi connectivity index (χ3n) is 4.04. The zero-order chi connectivity index (χ0) is 22.4. The van der Waals surface area contributed by atoms with Crippen molar-refractivity contribution >= 4 is 44.6 Å². The molecule has 8 nitrogen and oxygen atoms in total. The minimum atomic E-state index is -3.69. The highest BCUT2D eigenvalue weighted by Crippen LogP contribution is 2.21. The van der Waals surface area contributed by atoms with Crippen LogP contribution >= 0.6 is 11.3 Å². The molecule has 1 aromatic heterocycles. The zero-order valence-corrected chi connectivity index (χ0v) is 17.9. The third kappa shape index (κ3) is 5.69. The van der Waals surface area contributed by atoms with E-state index in [4.69, 9.17) is 10.00 Å². The molecule has 1 unspecified atom stereocenters. The Labute approximate surface area is 183 Å². The molecule has 3 aromatic rings. The maximum Gasteiger partial charge on any atom is 0.338 e. The number of ether oxygens (including phenoxy) is 1. The number of rotatable bonds is 7. The summed E-state index contributed by atoms with van der Waals surface area (Å²) in [5.74, 6) is -1.29. The number of benzene rings is 2. The molecule has 0 aliphatic carbocycles. The fourth-order valence-electron chi connectivity index (χ4n) is 2.49. The predicted octanol–water partition coefficient (Wildman–Crippen LogP) is 3.60. The highest BCUT2D eigenvalue weighted by molar-refractivity contribution is 7.94. The van der Waals surface area contributed by atoms with E-state index in [0.717, 1.165) is 11.3 Å². The van der Waals surface area contributed by atoms with Crippen LogP contribution in [0.1, 0.15) is 22.8 Å². The fraction of sp³-hybridized carbons (Fsp3) is 0.0952. The van der Waals surface area contributed by atoms with Gasteiger partial charge in [0.2, 0.25) is 0 Å². The first-order valence-electron chi connectivity index (χ1n) is 8.97. The van der Waals surface area contributed by atoms with Crippen molar-refractivity contribution in [2.24, 2.45) is 0 Å². The van der Waals surface area contributed by atoms with Gasteiger partial charge in [0.15, 0.2) is 6.10 Å². The van der Waals surface area contributed by atoms with Crippen molar-refractivity contribution in [3.63, 3.8) is 0 Å². The number of amides is 1. The second kappa shape index (κ2) is 9.42. The van der Waals surface area contributed by atoms with E-state index in [1.807, 2.05) is 6.07 Å². The van der Waals surface area contributed by atoms with Gasteiger partial charge in [-0.05, 0) is 60.8 Å². The Morgan fingerprint density at radius 3 is 2.45 bits per heavy atom. The Kier molecular flexibility index (Phi) is 6.69. The molecule has 0 radical (unpaired) electrons. The monoisotopic (exact) mass is 455 g/mol. The summed E-state index contributed by atoms with van der Waals surface area (Å²) >= 11 is 1.09. The summed E-state index contributed by atoms with van der Waals surface area (Å²) in [6.07, 6.45) is -1.09. The van der Waals surface area contributed by atoms with Crippen LogP contribution in [0.2, 0.25) is 0 Å². The molecule has 1 amide bonds. The number of nitrogens with zero attached hydrogens (tertiary/aromatic N) is 1. The summed E-state index contributed by atoms with van der Waals surface area (Å²) in [6, 6.07) is 17.1. The van der Waals surface area contributed by atoms with E-state index in [2.05, 4.69) is 10.0 Å². The van der Waals surface area contributed by atoms with E-state index in [1.54, 1.807) is 29.6 Å². The molecular formula is C21H17N3O5S2. The molecule has 10 heteroatoms. The molecule has 0 bridgehead atoms. The number of sulfonamides is 1. The van der Waals surface area contributed by atoms with Gasteiger partial charge in [0.1, 0.15) is 4.21 Å². The molecule has 0 saturated heterocycles. The number of nitriles is 1. The van der Waals surface area contributed by atoms with Gasteiger partial charge >= 0.3 is 5.97 Å². The smallest absolute Gasteiger partial charge is 0.338 e. The summed E-state index contributed by atoms with van der Waals surface area (Å²) < 4.78 is 32.3. The van der Waals surface area contributed by atoms with Crippen molar-refractivity contribution in [3.05, 3.63) is 77.2 Å². The van der Waals surface area contributed by atoms with Crippen LogP contribution in [0.15, 0.2) is 70.3 Å². The van der Waals surface area contributed by atoms with Gasteiger partial charge in [-0.3, -0.25) is 9.52 Å². The summed E-state index contributed by atoms with van der Waals surface area (Å²) in [5.41, 5.74) is 1.24. The highest BCUT2D eigenvalue weighted by atomic mass is 32.2. The van der Waals surface area contributed by atoms with Crippen LogP contribution in [0.4, 0.5) is 11.4 Å². The lowest BCUT2D eigenvalue weighted by atomic mass is 10.2. The molecule has 0 spiro atoms. The average molecular weight is 456 g/mol. The maximum atomic E-state index is 12.3. The summed E-state index contributed by atoms with van der Waals surface area (Å²) in [4.78, 5) is 24.6. The summed E-state index contributed by atoms with van der Waals surface area (Å²) in [7, 11) is -3.69. The molecule has 0 saturated carbocycles. The van der Waals surface area contributed by atoms with Gasteiger partial charge in [0.25, 0.3) is 15.9 Å². The molecule has 2 aromatic carbocycles. The van der Waals surface area contributed by atoms with Crippen molar-refractivity contribution in [1.82, 2.24) is 0 Å². The molecule has 1 heterocycles. The molecule has 1 atom stereocenters. The van der Waals surface area contributed by atoms with E-state index in [-0.39, 0.29) is 15.5 Å². The van der Waals surface area contributed by atoms with E-state index < -0.39 is 28.0 Å². The summed E-state index contributed by atoms with van der Waals surface area (Å²) in [6.45, 7) is 1.42. The number of carbonyl (C=O) groups is 2. The number of thiophene rings is 1. The normalized spacial score (nSPS) is 11.7. The Morgan fingerprint density at radius 1 is 1.06 bits per heavy atom. The lowest BCUT2D eigenvalue weighted by molar-refractivity contribution is -0.123. The average Bonchev–Trinajstić information content (AvgIpc) is 3.30. The third-order valence-corrected chi connectivity index (χ3v) is 6.82. The molecule has 31 heavy (non-hydrogen) atoms. The highest BCUT2D eigenvalue weighted by Gasteiger charge is 2.20. The number of nitrogens with one attached hydrogen (secondary N) is 2. The molecule has 0 fully saturated rings. The van der Waals surface area contributed by atoms with Gasteiger partial charge in [0, 0.05) is 11.4 Å². The van der Waals surface area contributed by atoms with E-state index in [1.165, 1.54) is 43.3 Å². The van der Waals surface area contributed by atoms with E-state index in [9.17, 15) is 18.0 Å². The molecular weight excluding hydrogens is 438 g/mol. The molecule has 2 N–H and O–H groups in total. The minimum Gasteiger partial charge on any atom is -0.449 e.